The summed E-state index contributed by atoms with van der Waals surface area (Å²) in [5.41, 5.74) is 3.31. The summed E-state index contributed by atoms with van der Waals surface area (Å²) in [5.74, 6) is 0. The Balaban J connectivity index is 1.91. The van der Waals surface area contributed by atoms with Crippen LogP contribution in [0, 0.1) is 6.92 Å². The molecule has 3 rings (SSSR count). The number of carbonyl (C=O) groups is 1. The van der Waals surface area contributed by atoms with Gasteiger partial charge in [-0.3, -0.25) is 4.90 Å². The Morgan fingerprint density at radius 2 is 1.95 bits per heavy atom. The van der Waals surface area contributed by atoms with Gasteiger partial charge in [0.1, 0.15) is 0 Å². The van der Waals surface area contributed by atoms with Gasteiger partial charge in [0, 0.05) is 16.7 Å². The number of hydrogen-bond acceptors (Lipinski definition) is 1. The van der Waals surface area contributed by atoms with E-state index in [-0.39, 0.29) is 12.1 Å². The highest BCUT2D eigenvalue weighted by Gasteiger charge is 2.32. The van der Waals surface area contributed by atoms with E-state index in [4.69, 9.17) is 0 Å². The van der Waals surface area contributed by atoms with E-state index < -0.39 is 0 Å². The first-order valence-electron chi connectivity index (χ1n) is 7.03. The fraction of sp³-hybridized carbons (Fsp3) is 0.235. The number of anilines is 1. The third kappa shape index (κ3) is 2.81. The molecule has 1 aliphatic heterocycles. The summed E-state index contributed by atoms with van der Waals surface area (Å²) >= 11 is 3.54. The van der Waals surface area contributed by atoms with Crippen LogP contribution >= 0.6 is 15.9 Å². The van der Waals surface area contributed by atoms with Gasteiger partial charge in [-0.15, -0.1) is 0 Å². The molecule has 2 aromatic carbocycles. The molecule has 0 aromatic heterocycles. The number of benzene rings is 2. The Kier molecular flexibility index (Phi) is 3.97. The van der Waals surface area contributed by atoms with Gasteiger partial charge < -0.3 is 5.32 Å². The number of urea groups is 1. The Morgan fingerprint density at radius 1 is 1.19 bits per heavy atom. The topological polar surface area (TPSA) is 32.3 Å². The average Bonchev–Trinajstić information content (AvgIpc) is 2.84. The lowest BCUT2D eigenvalue weighted by atomic mass is 10.0. The molecule has 2 amide bonds. The van der Waals surface area contributed by atoms with Crippen molar-refractivity contribution in [1.29, 1.82) is 0 Å². The maximum atomic E-state index is 12.2. The lowest BCUT2D eigenvalue weighted by Gasteiger charge is -2.25. The second-order valence-electron chi connectivity index (χ2n) is 5.28. The van der Waals surface area contributed by atoms with Crippen molar-refractivity contribution < 1.29 is 4.79 Å². The molecule has 1 N–H and O–H groups in total. The smallest absolute Gasteiger partial charge is 0.322 e. The van der Waals surface area contributed by atoms with Gasteiger partial charge in [-0.05, 0) is 36.6 Å². The molecule has 21 heavy (non-hydrogen) atoms. The zero-order valence-electron chi connectivity index (χ0n) is 11.8. The Bertz CT molecular complexity index is 657. The Hall–Kier alpha value is -1.81. The molecule has 3 nitrogen and oxygen atoms in total. The van der Waals surface area contributed by atoms with Crippen LogP contribution in [0.5, 0.6) is 0 Å². The van der Waals surface area contributed by atoms with E-state index in [1.165, 1.54) is 5.56 Å². The predicted octanol–water partition coefficient (Wildman–Crippen LogP) is 3.90. The lowest BCUT2D eigenvalue weighted by molar-refractivity contribution is 0.251. The van der Waals surface area contributed by atoms with Crippen molar-refractivity contribution >= 4 is 27.6 Å². The van der Waals surface area contributed by atoms with Gasteiger partial charge in [-0.25, -0.2) is 4.79 Å². The van der Waals surface area contributed by atoms with Crippen LogP contribution in [-0.2, 0) is 6.42 Å². The minimum Gasteiger partial charge on any atom is -0.336 e. The van der Waals surface area contributed by atoms with Gasteiger partial charge in [0.15, 0.2) is 0 Å². The van der Waals surface area contributed by atoms with Crippen LogP contribution in [0.4, 0.5) is 10.5 Å². The van der Waals surface area contributed by atoms with Gasteiger partial charge >= 0.3 is 6.03 Å². The summed E-state index contributed by atoms with van der Waals surface area (Å²) in [4.78, 5) is 14.1. The third-order valence-electron chi connectivity index (χ3n) is 3.89. The van der Waals surface area contributed by atoms with Crippen LogP contribution in [0.1, 0.15) is 11.1 Å². The van der Waals surface area contributed by atoms with Crippen molar-refractivity contribution in [1.82, 2.24) is 5.32 Å². The van der Waals surface area contributed by atoms with Crippen molar-refractivity contribution in [2.75, 3.05) is 11.4 Å². The summed E-state index contributed by atoms with van der Waals surface area (Å²) in [5, 5.41) is 2.96. The molecule has 1 fully saturated rings. The molecule has 0 aliphatic carbocycles. The number of halogens is 1. The molecule has 1 aliphatic rings. The number of nitrogens with zero attached hydrogens (tertiary/aromatic N) is 1. The molecule has 0 saturated carbocycles. The number of nitrogens with one attached hydrogen (secondary N) is 1. The van der Waals surface area contributed by atoms with Gasteiger partial charge in [0.2, 0.25) is 0 Å². The summed E-state index contributed by atoms with van der Waals surface area (Å²) in [6.07, 6.45) is 0.853. The van der Waals surface area contributed by atoms with E-state index >= 15 is 0 Å². The zero-order chi connectivity index (χ0) is 14.8. The van der Waals surface area contributed by atoms with Gasteiger partial charge in [-0.2, -0.15) is 0 Å². The predicted molar refractivity (Wildman–Crippen MR) is 88.7 cm³/mol. The summed E-state index contributed by atoms with van der Waals surface area (Å²) in [6.45, 7) is 2.71. The van der Waals surface area contributed by atoms with E-state index in [2.05, 4.69) is 33.4 Å². The first kappa shape index (κ1) is 14.1. The summed E-state index contributed by atoms with van der Waals surface area (Å²) in [6, 6.07) is 16.4. The van der Waals surface area contributed by atoms with E-state index in [9.17, 15) is 4.79 Å². The average molecular weight is 345 g/mol. The Morgan fingerprint density at radius 3 is 2.71 bits per heavy atom. The van der Waals surface area contributed by atoms with E-state index in [0.29, 0.717) is 6.54 Å². The standard InChI is InChI=1S/C17H17BrN2O/c1-12-15(18)8-5-9-16(12)20-14(11-19-17(20)21)10-13-6-3-2-4-7-13/h2-9,14H,10-11H2,1H3,(H,19,21). The maximum Gasteiger partial charge on any atom is 0.322 e. The minimum absolute atomic E-state index is 0.0165. The molecule has 1 heterocycles. The van der Waals surface area contributed by atoms with E-state index in [1.807, 2.05) is 48.2 Å². The number of hydrogen-bond donors (Lipinski definition) is 1. The van der Waals surface area contributed by atoms with Crippen LogP contribution in [-0.4, -0.2) is 18.6 Å². The highest BCUT2D eigenvalue weighted by Crippen LogP contribution is 2.30. The van der Waals surface area contributed by atoms with Gasteiger partial charge in [0.25, 0.3) is 0 Å². The van der Waals surface area contributed by atoms with Crippen LogP contribution in [0.2, 0.25) is 0 Å². The largest absolute Gasteiger partial charge is 0.336 e. The number of rotatable bonds is 3. The zero-order valence-corrected chi connectivity index (χ0v) is 13.4. The fourth-order valence-electron chi connectivity index (χ4n) is 2.76. The van der Waals surface area contributed by atoms with Crippen LogP contribution in [0.15, 0.2) is 53.0 Å². The molecule has 1 atom stereocenters. The van der Waals surface area contributed by atoms with Crippen molar-refractivity contribution in [2.45, 2.75) is 19.4 Å². The SMILES string of the molecule is Cc1c(Br)cccc1N1C(=O)NCC1Cc1ccccc1. The molecule has 0 bridgehead atoms. The van der Waals surface area contributed by atoms with Crippen molar-refractivity contribution in [3.8, 4) is 0 Å². The quantitative estimate of drug-likeness (QED) is 0.899. The molecular formula is C17H17BrN2O. The molecule has 108 valence electrons. The molecule has 4 heteroatoms. The number of carbonyl (C=O) groups excluding carboxylic acids is 1. The summed E-state index contributed by atoms with van der Waals surface area (Å²) < 4.78 is 1.03. The highest BCUT2D eigenvalue weighted by molar-refractivity contribution is 9.10. The second kappa shape index (κ2) is 5.90. The molecular weight excluding hydrogens is 328 g/mol. The highest BCUT2D eigenvalue weighted by atomic mass is 79.9. The fourth-order valence-corrected chi connectivity index (χ4v) is 3.12. The van der Waals surface area contributed by atoms with Crippen molar-refractivity contribution in [3.63, 3.8) is 0 Å². The van der Waals surface area contributed by atoms with Crippen LogP contribution < -0.4 is 10.2 Å². The third-order valence-corrected chi connectivity index (χ3v) is 4.74. The second-order valence-corrected chi connectivity index (χ2v) is 6.14. The summed E-state index contributed by atoms with van der Waals surface area (Å²) in [7, 11) is 0. The van der Waals surface area contributed by atoms with Gasteiger partial charge in [0.05, 0.1) is 6.04 Å². The molecule has 0 radical (unpaired) electrons. The van der Waals surface area contributed by atoms with Crippen molar-refractivity contribution in [2.24, 2.45) is 0 Å². The van der Waals surface area contributed by atoms with E-state index in [1.54, 1.807) is 0 Å². The minimum atomic E-state index is -0.0165. The maximum absolute atomic E-state index is 12.2. The molecule has 1 saturated heterocycles. The van der Waals surface area contributed by atoms with E-state index in [0.717, 1.165) is 22.1 Å². The van der Waals surface area contributed by atoms with Gasteiger partial charge in [-0.1, -0.05) is 52.3 Å². The Labute approximate surface area is 133 Å². The molecule has 0 spiro atoms. The van der Waals surface area contributed by atoms with Crippen LogP contribution in [0.3, 0.4) is 0 Å². The van der Waals surface area contributed by atoms with Crippen molar-refractivity contribution in [3.05, 3.63) is 64.1 Å². The first-order valence-corrected chi connectivity index (χ1v) is 7.82. The first-order chi connectivity index (χ1) is 10.2. The number of amides is 2. The molecule has 2 aromatic rings. The monoisotopic (exact) mass is 344 g/mol. The lowest BCUT2D eigenvalue weighted by Crippen LogP contribution is -2.36. The normalized spacial score (nSPS) is 17.9. The molecule has 1 unspecified atom stereocenters. The van der Waals surface area contributed by atoms with Crippen LogP contribution in [0.25, 0.3) is 0 Å².